The van der Waals surface area contributed by atoms with Crippen LogP contribution in [0.1, 0.15) is 44.9 Å². The highest BCUT2D eigenvalue weighted by Gasteiger charge is 2.22. The van der Waals surface area contributed by atoms with Crippen LogP contribution in [0.25, 0.3) is 0 Å². The average Bonchev–Trinajstić information content (AvgIpc) is 3.29. The molecule has 5 aromatic carbocycles. The summed E-state index contributed by atoms with van der Waals surface area (Å²) in [5.41, 5.74) is 15.7. The van der Waals surface area contributed by atoms with E-state index in [0.717, 1.165) is 25.7 Å². The zero-order valence-corrected chi connectivity index (χ0v) is 23.2. The molecule has 0 aliphatic carbocycles. The summed E-state index contributed by atoms with van der Waals surface area (Å²) in [6.45, 7) is 0. The van der Waals surface area contributed by atoms with Crippen LogP contribution in [0.4, 0.5) is 28.4 Å². The van der Waals surface area contributed by atoms with E-state index in [1.807, 2.05) is 0 Å². The molecule has 0 atom stereocenters. The van der Waals surface area contributed by atoms with E-state index in [1.165, 1.54) is 67.4 Å². The molecule has 0 spiro atoms. The summed E-state index contributed by atoms with van der Waals surface area (Å²) in [6.07, 6.45) is 4.16. The van der Waals surface area contributed by atoms with Crippen LogP contribution in [0.2, 0.25) is 0 Å². The first kappa shape index (κ1) is 24.5. The van der Waals surface area contributed by atoms with Crippen molar-refractivity contribution >= 4 is 28.4 Å². The van der Waals surface area contributed by atoms with Crippen LogP contribution in [0, 0.1) is 0 Å². The summed E-state index contributed by atoms with van der Waals surface area (Å²) in [6, 6.07) is 40.6. The second-order valence-corrected chi connectivity index (χ2v) is 11.3. The number of benzene rings is 5. The van der Waals surface area contributed by atoms with E-state index >= 15 is 0 Å². The van der Waals surface area contributed by atoms with Gasteiger partial charge in [0.1, 0.15) is 0 Å². The van der Waals surface area contributed by atoms with Gasteiger partial charge in [-0.05, 0) is 101 Å². The predicted molar refractivity (Wildman–Crippen MR) is 169 cm³/mol. The van der Waals surface area contributed by atoms with Crippen molar-refractivity contribution in [3.63, 3.8) is 0 Å². The van der Waals surface area contributed by atoms with Crippen molar-refractivity contribution in [3.8, 4) is 0 Å². The van der Waals surface area contributed by atoms with E-state index in [4.69, 9.17) is 0 Å². The number of anilines is 5. The van der Waals surface area contributed by atoms with Gasteiger partial charge in [-0.3, -0.25) is 0 Å². The molecule has 0 saturated carbocycles. The Kier molecular flexibility index (Phi) is 6.28. The zero-order valence-electron chi connectivity index (χ0n) is 23.2. The van der Waals surface area contributed by atoms with Crippen molar-refractivity contribution in [2.24, 2.45) is 0 Å². The SMILES string of the molecule is CN(C)c1ccc(C(c2ccc3c(c2)CCc2ccccc2N3)c2ccc3c(c2)CCc2ccccc2N3)cc1. The molecule has 3 heteroatoms. The minimum atomic E-state index is 0.156. The lowest BCUT2D eigenvalue weighted by atomic mass is 9.83. The summed E-state index contributed by atoms with van der Waals surface area (Å²) >= 11 is 0. The standard InChI is InChI=1S/C37H35N3/c1-40(2)32-19-15-27(16-20-32)37(30-17-21-35-28(23-30)13-11-25-7-3-5-9-33(25)38-35)31-18-22-36-29(24-31)14-12-26-8-4-6-10-34(26)39-36/h3-10,15-24,37-39H,11-14H2,1-2H3. The van der Waals surface area contributed by atoms with Crippen LogP contribution in [-0.4, -0.2) is 14.1 Å². The Morgan fingerprint density at radius 2 is 0.900 bits per heavy atom. The highest BCUT2D eigenvalue weighted by Crippen LogP contribution is 2.39. The fourth-order valence-electron chi connectivity index (χ4n) is 6.34. The fourth-order valence-corrected chi connectivity index (χ4v) is 6.34. The van der Waals surface area contributed by atoms with Crippen LogP contribution in [0.3, 0.4) is 0 Å². The van der Waals surface area contributed by atoms with Gasteiger partial charge >= 0.3 is 0 Å². The van der Waals surface area contributed by atoms with Crippen molar-refractivity contribution < 1.29 is 0 Å². The molecular formula is C37H35N3. The molecule has 2 N–H and O–H groups in total. The molecule has 7 rings (SSSR count). The van der Waals surface area contributed by atoms with Crippen LogP contribution in [0.15, 0.2) is 109 Å². The zero-order chi connectivity index (χ0) is 27.1. The molecule has 2 heterocycles. The van der Waals surface area contributed by atoms with Gasteiger partial charge in [0.2, 0.25) is 0 Å². The first-order valence-electron chi connectivity index (χ1n) is 14.4. The number of nitrogens with one attached hydrogen (secondary N) is 2. The van der Waals surface area contributed by atoms with Gasteiger partial charge in [0.05, 0.1) is 0 Å². The maximum absolute atomic E-state index is 3.71. The number of hydrogen-bond donors (Lipinski definition) is 2. The normalized spacial score (nSPS) is 13.5. The Morgan fingerprint density at radius 3 is 1.40 bits per heavy atom. The Labute approximate surface area is 237 Å². The third-order valence-electron chi connectivity index (χ3n) is 8.57. The van der Waals surface area contributed by atoms with E-state index in [2.05, 4.69) is 139 Å². The minimum absolute atomic E-state index is 0.156. The molecule has 0 fully saturated rings. The first-order valence-corrected chi connectivity index (χ1v) is 14.4. The van der Waals surface area contributed by atoms with Crippen molar-refractivity contribution in [3.05, 3.63) is 148 Å². The van der Waals surface area contributed by atoms with E-state index in [9.17, 15) is 0 Å². The monoisotopic (exact) mass is 521 g/mol. The number of aryl methyl sites for hydroxylation is 4. The maximum Gasteiger partial charge on any atom is 0.0417 e. The molecule has 0 radical (unpaired) electrons. The Hall–Kier alpha value is -4.50. The molecule has 2 aliphatic heterocycles. The van der Waals surface area contributed by atoms with Crippen LogP contribution in [-0.2, 0) is 25.7 Å². The van der Waals surface area contributed by atoms with Gasteiger partial charge in [-0.25, -0.2) is 0 Å². The predicted octanol–water partition coefficient (Wildman–Crippen LogP) is 8.62. The molecule has 3 nitrogen and oxygen atoms in total. The summed E-state index contributed by atoms with van der Waals surface area (Å²) in [7, 11) is 4.20. The molecule has 0 amide bonds. The number of rotatable bonds is 4. The van der Waals surface area contributed by atoms with E-state index in [1.54, 1.807) is 0 Å². The van der Waals surface area contributed by atoms with Crippen molar-refractivity contribution in [2.45, 2.75) is 31.6 Å². The summed E-state index contributed by atoms with van der Waals surface area (Å²) in [5, 5.41) is 7.42. The quantitative estimate of drug-likeness (QED) is 0.232. The summed E-state index contributed by atoms with van der Waals surface area (Å²) < 4.78 is 0. The van der Waals surface area contributed by atoms with Gasteiger partial charge < -0.3 is 15.5 Å². The Balaban J connectivity index is 1.30. The lowest BCUT2D eigenvalue weighted by molar-refractivity contribution is 0.932. The molecule has 0 unspecified atom stereocenters. The van der Waals surface area contributed by atoms with Crippen LogP contribution in [0.5, 0.6) is 0 Å². The first-order chi connectivity index (χ1) is 19.6. The van der Waals surface area contributed by atoms with Gasteiger partial charge in [0.15, 0.2) is 0 Å². The van der Waals surface area contributed by atoms with E-state index in [0.29, 0.717) is 0 Å². The molecule has 40 heavy (non-hydrogen) atoms. The molecule has 198 valence electrons. The largest absolute Gasteiger partial charge is 0.378 e. The van der Waals surface area contributed by atoms with Crippen molar-refractivity contribution in [1.29, 1.82) is 0 Å². The fraction of sp³-hybridized carbons (Fsp3) is 0.189. The van der Waals surface area contributed by atoms with Gasteiger partial charge in [0, 0.05) is 48.5 Å². The topological polar surface area (TPSA) is 27.3 Å². The van der Waals surface area contributed by atoms with Crippen LogP contribution < -0.4 is 15.5 Å². The second-order valence-electron chi connectivity index (χ2n) is 11.3. The molecule has 0 bridgehead atoms. The van der Waals surface area contributed by atoms with E-state index in [-0.39, 0.29) is 5.92 Å². The number of fused-ring (bicyclic) bond motifs is 4. The molecule has 0 aromatic heterocycles. The minimum Gasteiger partial charge on any atom is -0.378 e. The number of para-hydroxylation sites is 2. The Morgan fingerprint density at radius 1 is 0.475 bits per heavy atom. The van der Waals surface area contributed by atoms with Gasteiger partial charge in [-0.2, -0.15) is 0 Å². The Bertz CT molecular complexity index is 1580. The third kappa shape index (κ3) is 4.62. The molecule has 2 aliphatic rings. The van der Waals surface area contributed by atoms with Crippen molar-refractivity contribution in [2.75, 3.05) is 29.6 Å². The molecule has 5 aromatic rings. The van der Waals surface area contributed by atoms with Gasteiger partial charge in [-0.15, -0.1) is 0 Å². The second kappa shape index (κ2) is 10.2. The van der Waals surface area contributed by atoms with Crippen molar-refractivity contribution in [1.82, 2.24) is 0 Å². The highest BCUT2D eigenvalue weighted by molar-refractivity contribution is 5.71. The lowest BCUT2D eigenvalue weighted by Gasteiger charge is -2.23. The molecule has 0 saturated heterocycles. The van der Waals surface area contributed by atoms with Crippen LogP contribution >= 0.6 is 0 Å². The lowest BCUT2D eigenvalue weighted by Crippen LogP contribution is -2.10. The van der Waals surface area contributed by atoms with Gasteiger partial charge in [-0.1, -0.05) is 72.8 Å². The maximum atomic E-state index is 3.71. The summed E-state index contributed by atoms with van der Waals surface area (Å²) in [4.78, 5) is 2.16. The smallest absolute Gasteiger partial charge is 0.0417 e. The molecular weight excluding hydrogens is 486 g/mol. The van der Waals surface area contributed by atoms with Gasteiger partial charge in [0.25, 0.3) is 0 Å². The number of hydrogen-bond acceptors (Lipinski definition) is 3. The number of nitrogens with zero attached hydrogens (tertiary/aromatic N) is 1. The van der Waals surface area contributed by atoms with E-state index < -0.39 is 0 Å². The highest BCUT2D eigenvalue weighted by atomic mass is 15.1. The summed E-state index contributed by atoms with van der Waals surface area (Å²) in [5.74, 6) is 0.156. The third-order valence-corrected chi connectivity index (χ3v) is 8.57. The average molecular weight is 522 g/mol.